The Morgan fingerprint density at radius 2 is 1.74 bits per heavy atom. The van der Waals surface area contributed by atoms with Crippen molar-refractivity contribution in [2.45, 2.75) is 71.5 Å². The summed E-state index contributed by atoms with van der Waals surface area (Å²) in [6.07, 6.45) is 1.88. The predicted octanol–water partition coefficient (Wildman–Crippen LogP) is 3.06. The summed E-state index contributed by atoms with van der Waals surface area (Å²) in [6, 6.07) is 4.73. The minimum Gasteiger partial charge on any atom is -0.352 e. The number of piperidine rings is 1. The van der Waals surface area contributed by atoms with Gasteiger partial charge in [-0.15, -0.1) is 0 Å². The van der Waals surface area contributed by atoms with Crippen LogP contribution in [0.1, 0.15) is 64.2 Å². The van der Waals surface area contributed by atoms with Crippen molar-refractivity contribution in [1.29, 1.82) is 0 Å². The first-order chi connectivity index (χ1) is 14.5. The lowest BCUT2D eigenvalue weighted by Gasteiger charge is -2.37. The zero-order chi connectivity index (χ0) is 23.2. The highest BCUT2D eigenvalue weighted by molar-refractivity contribution is 5.97. The minimum absolute atomic E-state index is 0.0435. The van der Waals surface area contributed by atoms with Crippen LogP contribution in [0, 0.1) is 11.7 Å². The van der Waals surface area contributed by atoms with Crippen molar-refractivity contribution in [3.8, 4) is 0 Å². The van der Waals surface area contributed by atoms with Crippen LogP contribution in [0.3, 0.4) is 0 Å². The maximum absolute atomic E-state index is 14.1. The third-order valence-corrected chi connectivity index (χ3v) is 5.47. The lowest BCUT2D eigenvalue weighted by Crippen LogP contribution is -2.56. The van der Waals surface area contributed by atoms with E-state index >= 15 is 0 Å². The number of likely N-dealkylation sites (tertiary alicyclic amines) is 1. The second-order valence-electron chi connectivity index (χ2n) is 9.25. The van der Waals surface area contributed by atoms with Crippen molar-refractivity contribution < 1.29 is 18.8 Å². The van der Waals surface area contributed by atoms with Gasteiger partial charge in [-0.25, -0.2) is 9.18 Å². The number of halogens is 1. The molecule has 2 atom stereocenters. The molecule has 0 saturated carbocycles. The molecule has 0 aromatic heterocycles. The number of carbonyl (C=O) groups is 3. The van der Waals surface area contributed by atoms with Crippen LogP contribution in [-0.4, -0.2) is 53.5 Å². The van der Waals surface area contributed by atoms with Crippen LogP contribution in [0.4, 0.5) is 9.18 Å². The Morgan fingerprint density at radius 1 is 1.13 bits per heavy atom. The molecule has 7 nitrogen and oxygen atoms in total. The fraction of sp³-hybridized carbons (Fsp3) is 0.609. The Bertz CT molecular complexity index is 785. The Balaban J connectivity index is 2.11. The van der Waals surface area contributed by atoms with E-state index in [0.717, 1.165) is 6.42 Å². The fourth-order valence-electron chi connectivity index (χ4n) is 3.53. The van der Waals surface area contributed by atoms with E-state index in [-0.39, 0.29) is 35.0 Å². The average Bonchev–Trinajstić information content (AvgIpc) is 2.70. The summed E-state index contributed by atoms with van der Waals surface area (Å²) < 4.78 is 14.1. The van der Waals surface area contributed by atoms with Gasteiger partial charge in [-0.05, 0) is 65.0 Å². The van der Waals surface area contributed by atoms with Gasteiger partial charge in [0.2, 0.25) is 5.91 Å². The zero-order valence-electron chi connectivity index (χ0n) is 19.1. The molecule has 1 aliphatic rings. The SMILES string of the molecule is CC[C@@H](C)NC(=O)[C@@H](NC(=O)c1ccccc1F)C1CCN(C(=O)NC(C)(C)C)CC1. The number of benzene rings is 1. The van der Waals surface area contributed by atoms with Crippen LogP contribution in [0.15, 0.2) is 24.3 Å². The van der Waals surface area contributed by atoms with E-state index in [4.69, 9.17) is 0 Å². The van der Waals surface area contributed by atoms with Gasteiger partial charge in [0.15, 0.2) is 0 Å². The largest absolute Gasteiger partial charge is 0.352 e. The highest BCUT2D eigenvalue weighted by Gasteiger charge is 2.35. The van der Waals surface area contributed by atoms with Crippen LogP contribution >= 0.6 is 0 Å². The van der Waals surface area contributed by atoms with Crippen LogP contribution < -0.4 is 16.0 Å². The topological polar surface area (TPSA) is 90.5 Å². The summed E-state index contributed by atoms with van der Waals surface area (Å²) in [5.41, 5.74) is -0.425. The van der Waals surface area contributed by atoms with Gasteiger partial charge in [-0.2, -0.15) is 0 Å². The number of hydrogen-bond donors (Lipinski definition) is 3. The number of amides is 4. The van der Waals surface area contributed by atoms with Gasteiger partial charge in [0.05, 0.1) is 5.56 Å². The monoisotopic (exact) mass is 434 g/mol. The summed E-state index contributed by atoms with van der Waals surface area (Å²) in [6.45, 7) is 10.6. The first kappa shape index (κ1) is 24.6. The molecule has 1 heterocycles. The Morgan fingerprint density at radius 3 is 2.29 bits per heavy atom. The molecule has 1 saturated heterocycles. The number of rotatable bonds is 6. The standard InChI is InChI=1S/C23H35FN4O3/c1-6-15(2)25-21(30)19(26-20(29)17-9-7-8-10-18(17)24)16-11-13-28(14-12-16)22(31)27-23(3,4)5/h7-10,15-16,19H,6,11-14H2,1-5H3,(H,25,30)(H,26,29)(H,27,31)/t15-,19+/m1/s1. The van der Waals surface area contributed by atoms with E-state index in [2.05, 4.69) is 16.0 Å². The molecular weight excluding hydrogens is 399 g/mol. The number of nitrogens with one attached hydrogen (secondary N) is 3. The van der Waals surface area contributed by atoms with E-state index in [9.17, 15) is 18.8 Å². The van der Waals surface area contributed by atoms with Crippen molar-refractivity contribution in [2.75, 3.05) is 13.1 Å². The Hall–Kier alpha value is -2.64. The minimum atomic E-state index is -0.797. The maximum Gasteiger partial charge on any atom is 0.317 e. The van der Waals surface area contributed by atoms with Gasteiger partial charge in [-0.3, -0.25) is 9.59 Å². The molecule has 0 bridgehead atoms. The molecule has 1 aromatic carbocycles. The van der Waals surface area contributed by atoms with Crippen molar-refractivity contribution in [3.63, 3.8) is 0 Å². The number of nitrogens with zero attached hydrogens (tertiary/aromatic N) is 1. The third kappa shape index (κ3) is 7.22. The van der Waals surface area contributed by atoms with Crippen LogP contribution in [-0.2, 0) is 4.79 Å². The molecule has 8 heteroatoms. The quantitative estimate of drug-likeness (QED) is 0.643. The first-order valence-electron chi connectivity index (χ1n) is 10.9. The summed E-state index contributed by atoms with van der Waals surface area (Å²) >= 11 is 0. The summed E-state index contributed by atoms with van der Waals surface area (Å²) in [7, 11) is 0. The van der Waals surface area contributed by atoms with Gasteiger partial charge in [0.1, 0.15) is 11.9 Å². The van der Waals surface area contributed by atoms with Crippen molar-refractivity contribution in [3.05, 3.63) is 35.6 Å². The molecule has 31 heavy (non-hydrogen) atoms. The molecule has 1 fully saturated rings. The van der Waals surface area contributed by atoms with Crippen molar-refractivity contribution in [2.24, 2.45) is 5.92 Å². The van der Waals surface area contributed by atoms with E-state index in [1.807, 2.05) is 34.6 Å². The van der Waals surface area contributed by atoms with E-state index in [0.29, 0.717) is 25.9 Å². The highest BCUT2D eigenvalue weighted by atomic mass is 19.1. The summed E-state index contributed by atoms with van der Waals surface area (Å²) in [4.78, 5) is 39.8. The molecule has 2 rings (SSSR count). The maximum atomic E-state index is 14.1. The van der Waals surface area contributed by atoms with Gasteiger partial charge < -0.3 is 20.9 Å². The summed E-state index contributed by atoms with van der Waals surface area (Å²) in [5, 5.41) is 8.61. The second kappa shape index (κ2) is 10.6. The number of carbonyl (C=O) groups excluding carboxylic acids is 3. The fourth-order valence-corrected chi connectivity index (χ4v) is 3.53. The van der Waals surface area contributed by atoms with Crippen LogP contribution in [0.25, 0.3) is 0 Å². The van der Waals surface area contributed by atoms with E-state index < -0.39 is 17.8 Å². The zero-order valence-corrected chi connectivity index (χ0v) is 19.1. The van der Waals surface area contributed by atoms with E-state index in [1.165, 1.54) is 18.2 Å². The lowest BCUT2D eigenvalue weighted by molar-refractivity contribution is -0.125. The average molecular weight is 435 g/mol. The molecule has 0 radical (unpaired) electrons. The molecule has 3 N–H and O–H groups in total. The van der Waals surface area contributed by atoms with Gasteiger partial charge in [0, 0.05) is 24.7 Å². The molecule has 172 valence electrons. The molecule has 4 amide bonds. The van der Waals surface area contributed by atoms with Gasteiger partial charge in [0.25, 0.3) is 5.91 Å². The van der Waals surface area contributed by atoms with E-state index in [1.54, 1.807) is 11.0 Å². The smallest absolute Gasteiger partial charge is 0.317 e. The van der Waals surface area contributed by atoms with Gasteiger partial charge >= 0.3 is 6.03 Å². The lowest BCUT2D eigenvalue weighted by atomic mass is 9.88. The van der Waals surface area contributed by atoms with Crippen molar-refractivity contribution >= 4 is 17.8 Å². The number of hydrogen-bond acceptors (Lipinski definition) is 3. The molecular formula is C23H35FN4O3. The third-order valence-electron chi connectivity index (χ3n) is 5.47. The van der Waals surface area contributed by atoms with Crippen LogP contribution in [0.5, 0.6) is 0 Å². The molecule has 1 aromatic rings. The van der Waals surface area contributed by atoms with Crippen LogP contribution in [0.2, 0.25) is 0 Å². The van der Waals surface area contributed by atoms with Gasteiger partial charge in [-0.1, -0.05) is 19.1 Å². The Labute approximate surface area is 184 Å². The predicted molar refractivity (Wildman–Crippen MR) is 118 cm³/mol. The summed E-state index contributed by atoms with van der Waals surface area (Å²) in [5.74, 6) is -1.68. The molecule has 1 aliphatic heterocycles. The Kier molecular flexibility index (Phi) is 8.42. The highest BCUT2D eigenvalue weighted by Crippen LogP contribution is 2.22. The van der Waals surface area contributed by atoms with Crippen molar-refractivity contribution in [1.82, 2.24) is 20.9 Å². The molecule has 0 spiro atoms. The molecule has 0 aliphatic carbocycles. The first-order valence-corrected chi connectivity index (χ1v) is 10.9. The second-order valence-corrected chi connectivity index (χ2v) is 9.25. The normalized spacial score (nSPS) is 16.9. The molecule has 0 unspecified atom stereocenters. The number of urea groups is 1.